The summed E-state index contributed by atoms with van der Waals surface area (Å²) in [5.41, 5.74) is 1.06. The van der Waals surface area contributed by atoms with Crippen molar-refractivity contribution in [3.05, 3.63) is 86.4 Å². The van der Waals surface area contributed by atoms with Gasteiger partial charge in [-0.3, -0.25) is 25.0 Å². The molecular formula is C21H16N4O5S2. The third kappa shape index (κ3) is 5.59. The van der Waals surface area contributed by atoms with E-state index >= 15 is 0 Å². The van der Waals surface area contributed by atoms with Gasteiger partial charge >= 0.3 is 0 Å². The number of non-ortho nitro benzene ring substituents is 1. The van der Waals surface area contributed by atoms with E-state index in [0.29, 0.717) is 21.3 Å². The van der Waals surface area contributed by atoms with Crippen LogP contribution < -0.4 is 10.6 Å². The molecule has 9 nitrogen and oxygen atoms in total. The third-order valence-electron chi connectivity index (χ3n) is 4.16. The van der Waals surface area contributed by atoms with Crippen molar-refractivity contribution in [3.63, 3.8) is 0 Å². The van der Waals surface area contributed by atoms with Gasteiger partial charge in [-0.15, -0.1) is 0 Å². The van der Waals surface area contributed by atoms with Gasteiger partial charge in [0.05, 0.1) is 15.5 Å². The van der Waals surface area contributed by atoms with Crippen molar-refractivity contribution in [1.29, 1.82) is 0 Å². The molecule has 3 rings (SSSR count). The van der Waals surface area contributed by atoms with Gasteiger partial charge in [0.1, 0.15) is 5.75 Å². The Bertz CT molecular complexity index is 1240. The standard InChI is InChI=1S/C21H16N4O5S2/c1-12-18(17(27)11-8-13-4-2-3-5-16(13)26)32-21(22-12)24-20(31)23-19(28)14-6-9-15(10-7-14)25(29)30/h2-11,26H,1H3,(H2,22,23,24,28,31). The number of aromatic nitrogens is 1. The molecule has 3 aromatic rings. The first kappa shape index (κ1) is 22.7. The highest BCUT2D eigenvalue weighted by molar-refractivity contribution is 7.80. The summed E-state index contributed by atoms with van der Waals surface area (Å²) in [6.45, 7) is 1.67. The summed E-state index contributed by atoms with van der Waals surface area (Å²) in [6.07, 6.45) is 2.85. The molecule has 0 atom stereocenters. The molecule has 0 unspecified atom stereocenters. The fourth-order valence-corrected chi connectivity index (χ4v) is 3.73. The number of aryl methyl sites for hydroxylation is 1. The molecule has 0 aliphatic rings. The first-order valence-electron chi connectivity index (χ1n) is 9.09. The molecule has 11 heteroatoms. The molecule has 162 valence electrons. The van der Waals surface area contributed by atoms with Crippen molar-refractivity contribution in [2.24, 2.45) is 0 Å². The second-order valence-electron chi connectivity index (χ2n) is 6.40. The maximum atomic E-state index is 12.5. The predicted octanol–water partition coefficient (Wildman–Crippen LogP) is 4.09. The Balaban J connectivity index is 1.63. The predicted molar refractivity (Wildman–Crippen MR) is 125 cm³/mol. The highest BCUT2D eigenvalue weighted by atomic mass is 32.1. The van der Waals surface area contributed by atoms with Crippen LogP contribution in [-0.4, -0.2) is 31.8 Å². The zero-order chi connectivity index (χ0) is 23.3. The van der Waals surface area contributed by atoms with E-state index in [1.54, 1.807) is 25.1 Å². The fourth-order valence-electron chi connectivity index (χ4n) is 2.59. The van der Waals surface area contributed by atoms with Gasteiger partial charge in [0.25, 0.3) is 11.6 Å². The number of carbonyl (C=O) groups is 2. The van der Waals surface area contributed by atoms with Crippen LogP contribution in [0.15, 0.2) is 54.6 Å². The Morgan fingerprint density at radius 3 is 2.53 bits per heavy atom. The average molecular weight is 469 g/mol. The number of benzene rings is 2. The molecule has 3 N–H and O–H groups in total. The van der Waals surface area contributed by atoms with Crippen LogP contribution in [0.25, 0.3) is 6.08 Å². The highest BCUT2D eigenvalue weighted by Gasteiger charge is 2.16. The topological polar surface area (TPSA) is 134 Å². The molecular weight excluding hydrogens is 452 g/mol. The summed E-state index contributed by atoms with van der Waals surface area (Å²) in [4.78, 5) is 39.5. The number of thiocarbonyl (C=S) groups is 1. The number of amides is 1. The maximum Gasteiger partial charge on any atom is 0.269 e. The van der Waals surface area contributed by atoms with Gasteiger partial charge in [0.15, 0.2) is 16.0 Å². The number of nitro groups is 1. The second kappa shape index (κ2) is 9.90. The van der Waals surface area contributed by atoms with E-state index in [1.165, 1.54) is 42.5 Å². The van der Waals surface area contributed by atoms with Crippen molar-refractivity contribution in [3.8, 4) is 5.75 Å². The van der Waals surface area contributed by atoms with Gasteiger partial charge in [0, 0.05) is 23.3 Å². The van der Waals surface area contributed by atoms with Crippen molar-refractivity contribution in [1.82, 2.24) is 10.3 Å². The minimum Gasteiger partial charge on any atom is -0.507 e. The molecule has 0 fully saturated rings. The van der Waals surface area contributed by atoms with Gasteiger partial charge < -0.3 is 10.4 Å². The number of para-hydroxylation sites is 1. The molecule has 1 aromatic heterocycles. The van der Waals surface area contributed by atoms with Gasteiger partial charge in [-0.05, 0) is 49.5 Å². The van der Waals surface area contributed by atoms with Gasteiger partial charge in [0.2, 0.25) is 0 Å². The van der Waals surface area contributed by atoms with Crippen LogP contribution >= 0.6 is 23.6 Å². The highest BCUT2D eigenvalue weighted by Crippen LogP contribution is 2.24. The lowest BCUT2D eigenvalue weighted by molar-refractivity contribution is -0.384. The van der Waals surface area contributed by atoms with Gasteiger partial charge in [-0.2, -0.15) is 0 Å². The Hall–Kier alpha value is -3.96. The Labute approximate surface area is 191 Å². The lowest BCUT2D eigenvalue weighted by Crippen LogP contribution is -2.34. The number of rotatable bonds is 6. The summed E-state index contributed by atoms with van der Waals surface area (Å²) >= 11 is 6.18. The third-order valence-corrected chi connectivity index (χ3v) is 5.45. The summed E-state index contributed by atoms with van der Waals surface area (Å²) in [6, 6.07) is 11.7. The molecule has 0 saturated heterocycles. The number of allylic oxidation sites excluding steroid dienone is 1. The van der Waals surface area contributed by atoms with Crippen molar-refractivity contribution in [2.45, 2.75) is 6.92 Å². The first-order valence-corrected chi connectivity index (χ1v) is 10.3. The number of aromatic hydroxyl groups is 1. The van der Waals surface area contributed by atoms with E-state index in [2.05, 4.69) is 15.6 Å². The number of thiazole rings is 1. The van der Waals surface area contributed by atoms with E-state index in [1.807, 2.05) is 0 Å². The summed E-state index contributed by atoms with van der Waals surface area (Å²) in [7, 11) is 0. The molecule has 0 radical (unpaired) electrons. The van der Waals surface area contributed by atoms with Gasteiger partial charge in [-0.25, -0.2) is 4.98 Å². The normalized spacial score (nSPS) is 10.7. The molecule has 0 saturated carbocycles. The Morgan fingerprint density at radius 2 is 1.88 bits per heavy atom. The molecule has 2 aromatic carbocycles. The van der Waals surface area contributed by atoms with Crippen LogP contribution in [0, 0.1) is 17.0 Å². The lowest BCUT2D eigenvalue weighted by Gasteiger charge is -2.07. The number of hydrogen-bond donors (Lipinski definition) is 3. The van der Waals surface area contributed by atoms with Crippen molar-refractivity contribution >= 4 is 57.3 Å². The number of carbonyl (C=O) groups excluding carboxylic acids is 2. The number of hydrogen-bond acceptors (Lipinski definition) is 8. The number of phenolic OH excluding ortho intramolecular Hbond substituents is 1. The van der Waals surface area contributed by atoms with Crippen LogP contribution in [-0.2, 0) is 0 Å². The van der Waals surface area contributed by atoms with Crippen LogP contribution in [0.3, 0.4) is 0 Å². The molecule has 0 aliphatic heterocycles. The Morgan fingerprint density at radius 1 is 1.19 bits per heavy atom. The number of anilines is 1. The number of nitrogens with zero attached hydrogens (tertiary/aromatic N) is 2. The van der Waals surface area contributed by atoms with Crippen molar-refractivity contribution in [2.75, 3.05) is 5.32 Å². The van der Waals surface area contributed by atoms with E-state index in [9.17, 15) is 24.8 Å². The fraction of sp³-hybridized carbons (Fsp3) is 0.0476. The number of nitro benzene ring substituents is 1. The largest absolute Gasteiger partial charge is 0.507 e. The zero-order valence-corrected chi connectivity index (χ0v) is 18.2. The van der Waals surface area contributed by atoms with E-state index in [0.717, 1.165) is 11.3 Å². The van der Waals surface area contributed by atoms with Crippen LogP contribution in [0.2, 0.25) is 0 Å². The molecule has 0 spiro atoms. The maximum absolute atomic E-state index is 12.5. The van der Waals surface area contributed by atoms with Crippen LogP contribution in [0.4, 0.5) is 10.8 Å². The number of phenols is 1. The second-order valence-corrected chi connectivity index (χ2v) is 7.81. The minimum absolute atomic E-state index is 0.0362. The van der Waals surface area contributed by atoms with Crippen molar-refractivity contribution < 1.29 is 19.6 Å². The monoisotopic (exact) mass is 468 g/mol. The lowest BCUT2D eigenvalue weighted by atomic mass is 10.1. The Kier molecular flexibility index (Phi) is 7.03. The smallest absolute Gasteiger partial charge is 0.269 e. The number of nitrogens with one attached hydrogen (secondary N) is 2. The quantitative estimate of drug-likeness (QED) is 0.162. The first-order chi connectivity index (χ1) is 15.2. The summed E-state index contributed by atoms with van der Waals surface area (Å²) in [5.74, 6) is -0.779. The van der Waals surface area contributed by atoms with E-state index in [4.69, 9.17) is 12.2 Å². The van der Waals surface area contributed by atoms with Crippen LogP contribution in [0.1, 0.15) is 31.3 Å². The summed E-state index contributed by atoms with van der Waals surface area (Å²) < 4.78 is 0. The van der Waals surface area contributed by atoms with Gasteiger partial charge in [-0.1, -0.05) is 29.5 Å². The molecule has 0 aliphatic carbocycles. The zero-order valence-electron chi connectivity index (χ0n) is 16.6. The summed E-state index contributed by atoms with van der Waals surface area (Å²) in [5, 5.41) is 26.0. The SMILES string of the molecule is Cc1nc(NC(=S)NC(=O)c2ccc([N+](=O)[O-])cc2)sc1C(=O)C=Cc1ccccc1O. The number of ketones is 1. The molecule has 32 heavy (non-hydrogen) atoms. The van der Waals surface area contributed by atoms with Crippen LogP contribution in [0.5, 0.6) is 5.75 Å². The molecule has 1 heterocycles. The van der Waals surface area contributed by atoms with E-state index < -0.39 is 10.8 Å². The molecule has 0 bridgehead atoms. The van der Waals surface area contributed by atoms with E-state index in [-0.39, 0.29) is 27.9 Å². The molecule has 1 amide bonds. The minimum atomic E-state index is -0.560. The average Bonchev–Trinajstić information content (AvgIpc) is 3.12.